The van der Waals surface area contributed by atoms with E-state index in [-0.39, 0.29) is 11.5 Å². The van der Waals surface area contributed by atoms with Crippen molar-refractivity contribution in [3.63, 3.8) is 0 Å². The third-order valence-electron chi connectivity index (χ3n) is 3.31. The minimum atomic E-state index is -3.08. The normalized spacial score (nSPS) is 11.1. The van der Waals surface area contributed by atoms with Gasteiger partial charge in [-0.3, -0.25) is 0 Å². The highest BCUT2D eigenvalue weighted by atomic mass is 31.2. The van der Waals surface area contributed by atoms with Crippen LogP contribution in [0.15, 0.2) is 84.9 Å². The molecule has 0 bridgehead atoms. The first kappa shape index (κ1) is 14.6. The molecule has 0 aliphatic heterocycles. The van der Waals surface area contributed by atoms with Crippen LogP contribution in [-0.4, -0.2) is 10.00 Å². The first-order valence-electron chi connectivity index (χ1n) is 6.91. The van der Waals surface area contributed by atoms with E-state index in [1.54, 1.807) is 18.2 Å². The van der Waals surface area contributed by atoms with Gasteiger partial charge in [-0.15, -0.1) is 0 Å². The van der Waals surface area contributed by atoms with Crippen LogP contribution in [0.25, 0.3) is 0 Å². The van der Waals surface area contributed by atoms with Crippen molar-refractivity contribution in [1.82, 2.24) is 0 Å². The first-order valence-corrected chi connectivity index (χ1v) is 8.57. The standard InChI is InChI=1S/C18H15O3P/c19-17-13-7-8-14-18(17)21-22(20,15-9-3-1-4-10-15)16-11-5-2-6-12-16/h1-14,20H/p+1. The number of rotatable bonds is 4. The topological polar surface area (TPSA) is 49.7 Å². The Kier molecular flexibility index (Phi) is 4.10. The Labute approximate surface area is 130 Å². The van der Waals surface area contributed by atoms with Gasteiger partial charge in [-0.05, 0) is 36.4 Å². The van der Waals surface area contributed by atoms with Crippen molar-refractivity contribution in [3.05, 3.63) is 84.9 Å². The number of aromatic hydroxyl groups is 1. The molecule has 0 heterocycles. The summed E-state index contributed by atoms with van der Waals surface area (Å²) in [7, 11) is -3.08. The number of para-hydroxylation sites is 2. The van der Waals surface area contributed by atoms with E-state index in [4.69, 9.17) is 4.52 Å². The molecule has 0 spiro atoms. The highest BCUT2D eigenvalue weighted by Crippen LogP contribution is 2.54. The molecule has 3 rings (SSSR count). The number of phenolic OH excluding ortho intramolecular Hbond substituents is 1. The van der Waals surface area contributed by atoms with Gasteiger partial charge in [-0.1, -0.05) is 48.5 Å². The van der Waals surface area contributed by atoms with Crippen LogP contribution >= 0.6 is 7.72 Å². The average Bonchev–Trinajstić information content (AvgIpc) is 2.58. The smallest absolute Gasteiger partial charge is 0.382 e. The second-order valence-electron chi connectivity index (χ2n) is 4.81. The van der Waals surface area contributed by atoms with Gasteiger partial charge in [0.15, 0.2) is 16.4 Å². The molecule has 0 aliphatic carbocycles. The Bertz CT molecular complexity index is 705. The van der Waals surface area contributed by atoms with Crippen LogP contribution in [0.3, 0.4) is 0 Å². The lowest BCUT2D eigenvalue weighted by atomic mass is 10.3. The fourth-order valence-corrected chi connectivity index (χ4v) is 4.29. The molecule has 0 aliphatic rings. The fraction of sp³-hybridized carbons (Fsp3) is 0. The Morgan fingerprint density at radius 1 is 0.636 bits per heavy atom. The molecule has 0 amide bonds. The van der Waals surface area contributed by atoms with Gasteiger partial charge >= 0.3 is 7.72 Å². The summed E-state index contributed by atoms with van der Waals surface area (Å²) < 4.78 is 5.92. The van der Waals surface area contributed by atoms with Crippen LogP contribution in [0.4, 0.5) is 0 Å². The van der Waals surface area contributed by atoms with Crippen LogP contribution in [0, 0.1) is 0 Å². The molecular formula is C18H16O3P+. The highest BCUT2D eigenvalue weighted by molar-refractivity contribution is 7.80. The van der Waals surface area contributed by atoms with E-state index >= 15 is 0 Å². The molecule has 4 heteroatoms. The van der Waals surface area contributed by atoms with Gasteiger partial charge in [0.25, 0.3) is 0 Å². The van der Waals surface area contributed by atoms with Crippen molar-refractivity contribution in [2.24, 2.45) is 0 Å². The Morgan fingerprint density at radius 2 is 1.09 bits per heavy atom. The zero-order valence-electron chi connectivity index (χ0n) is 11.8. The van der Waals surface area contributed by atoms with Crippen molar-refractivity contribution < 1.29 is 14.5 Å². The lowest BCUT2D eigenvalue weighted by Crippen LogP contribution is -2.26. The quantitative estimate of drug-likeness (QED) is 0.727. The molecular weight excluding hydrogens is 295 g/mol. The summed E-state index contributed by atoms with van der Waals surface area (Å²) in [6, 6.07) is 25.2. The number of hydrogen-bond donors (Lipinski definition) is 2. The van der Waals surface area contributed by atoms with Gasteiger partial charge in [0.1, 0.15) is 0 Å². The maximum atomic E-state index is 11.3. The maximum Gasteiger partial charge on any atom is 0.382 e. The number of hydrogen-bond acceptors (Lipinski definition) is 3. The van der Waals surface area contributed by atoms with Gasteiger partial charge in [0.05, 0.1) is 0 Å². The number of phenols is 1. The van der Waals surface area contributed by atoms with E-state index in [0.717, 1.165) is 0 Å². The largest absolute Gasteiger partial charge is 0.504 e. The van der Waals surface area contributed by atoms with E-state index in [2.05, 4.69) is 0 Å². The first-order chi connectivity index (χ1) is 10.7. The van der Waals surface area contributed by atoms with Crippen molar-refractivity contribution in [2.45, 2.75) is 0 Å². The Balaban J connectivity index is 2.10. The summed E-state index contributed by atoms with van der Waals surface area (Å²) in [6.07, 6.45) is 0. The minimum absolute atomic E-state index is 0.00721. The van der Waals surface area contributed by atoms with Gasteiger partial charge in [-0.25, -0.2) is 4.89 Å². The minimum Gasteiger partial charge on any atom is -0.504 e. The summed E-state index contributed by atoms with van der Waals surface area (Å²) in [6.45, 7) is 0. The summed E-state index contributed by atoms with van der Waals surface area (Å²) >= 11 is 0. The Hall–Kier alpha value is -2.35. The van der Waals surface area contributed by atoms with Crippen molar-refractivity contribution in [3.8, 4) is 11.5 Å². The monoisotopic (exact) mass is 311 g/mol. The van der Waals surface area contributed by atoms with E-state index in [0.29, 0.717) is 10.6 Å². The molecule has 3 aromatic rings. The molecule has 0 saturated heterocycles. The van der Waals surface area contributed by atoms with Gasteiger partial charge in [0, 0.05) is 0 Å². The molecule has 3 nitrogen and oxygen atoms in total. The zero-order valence-corrected chi connectivity index (χ0v) is 12.7. The van der Waals surface area contributed by atoms with Gasteiger partial charge in [0.2, 0.25) is 5.75 Å². The number of benzene rings is 3. The molecule has 0 atom stereocenters. The van der Waals surface area contributed by atoms with Crippen molar-refractivity contribution in [1.29, 1.82) is 0 Å². The van der Waals surface area contributed by atoms with E-state index in [9.17, 15) is 10.00 Å². The second-order valence-corrected chi connectivity index (χ2v) is 7.17. The maximum absolute atomic E-state index is 11.3. The van der Waals surface area contributed by atoms with E-state index < -0.39 is 7.72 Å². The third-order valence-corrected chi connectivity index (χ3v) is 5.77. The van der Waals surface area contributed by atoms with Crippen LogP contribution in [0.1, 0.15) is 0 Å². The molecule has 0 saturated carbocycles. The van der Waals surface area contributed by atoms with E-state index in [1.165, 1.54) is 6.07 Å². The summed E-state index contributed by atoms with van der Waals surface area (Å²) in [5.74, 6) is 0.277. The fourth-order valence-electron chi connectivity index (χ4n) is 2.19. The predicted octanol–water partition coefficient (Wildman–Crippen LogP) is 3.26. The lowest BCUT2D eigenvalue weighted by Gasteiger charge is -2.19. The van der Waals surface area contributed by atoms with Crippen LogP contribution in [0.5, 0.6) is 11.5 Å². The van der Waals surface area contributed by atoms with Gasteiger partial charge in [-0.2, -0.15) is 0 Å². The van der Waals surface area contributed by atoms with Crippen LogP contribution in [-0.2, 0) is 0 Å². The molecule has 2 N–H and O–H groups in total. The summed E-state index contributed by atoms with van der Waals surface area (Å²) in [4.78, 5) is 11.3. The van der Waals surface area contributed by atoms with Crippen LogP contribution < -0.4 is 15.1 Å². The molecule has 0 aromatic heterocycles. The Morgan fingerprint density at radius 3 is 1.59 bits per heavy atom. The second kappa shape index (κ2) is 6.18. The molecule has 0 fully saturated rings. The molecule has 3 aromatic carbocycles. The van der Waals surface area contributed by atoms with Crippen LogP contribution in [0.2, 0.25) is 0 Å². The van der Waals surface area contributed by atoms with Gasteiger partial charge < -0.3 is 9.63 Å². The molecule has 0 radical (unpaired) electrons. The zero-order chi connectivity index (χ0) is 15.4. The highest BCUT2D eigenvalue weighted by Gasteiger charge is 2.46. The third kappa shape index (κ3) is 2.82. The SMILES string of the molecule is Oc1ccccc1O[P+](O)(c1ccccc1)c1ccccc1. The molecule has 0 unspecified atom stereocenters. The lowest BCUT2D eigenvalue weighted by molar-refractivity contribution is 0.424. The average molecular weight is 311 g/mol. The predicted molar refractivity (Wildman–Crippen MR) is 90.0 cm³/mol. The van der Waals surface area contributed by atoms with E-state index in [1.807, 2.05) is 60.7 Å². The molecule has 22 heavy (non-hydrogen) atoms. The van der Waals surface area contributed by atoms with Crippen molar-refractivity contribution >= 4 is 18.3 Å². The van der Waals surface area contributed by atoms with Crippen molar-refractivity contribution in [2.75, 3.05) is 0 Å². The molecule has 110 valence electrons. The summed E-state index contributed by atoms with van der Waals surface area (Å²) in [5.41, 5.74) is 0. The summed E-state index contributed by atoms with van der Waals surface area (Å²) in [5, 5.41) is 11.3.